The minimum absolute atomic E-state index is 0.0918. The quantitative estimate of drug-likeness (QED) is 0.793. The fourth-order valence-electron chi connectivity index (χ4n) is 1.41. The fraction of sp³-hybridized carbons (Fsp3) is 0.615. The van der Waals surface area contributed by atoms with E-state index in [0.29, 0.717) is 13.1 Å². The molecule has 19 heavy (non-hydrogen) atoms. The van der Waals surface area contributed by atoms with Gasteiger partial charge < -0.3 is 15.4 Å². The molecule has 0 radical (unpaired) electrons. The minimum Gasteiger partial charge on any atom is -0.444 e. The van der Waals surface area contributed by atoms with Crippen molar-refractivity contribution in [3.05, 3.63) is 24.3 Å². The third kappa shape index (κ3) is 6.71. The van der Waals surface area contributed by atoms with E-state index in [0.717, 1.165) is 5.69 Å². The van der Waals surface area contributed by atoms with Crippen molar-refractivity contribution >= 4 is 6.09 Å². The lowest BCUT2D eigenvalue weighted by molar-refractivity contribution is 0.0528. The van der Waals surface area contributed by atoms with Crippen molar-refractivity contribution < 1.29 is 9.53 Å². The second-order valence-corrected chi connectivity index (χ2v) is 5.23. The standard InChI is InChI=1S/C13H22N4O2/c1-10(11-9-14-5-6-16-11)15-7-8-17-12(18)19-13(2,3)4/h5-6,9-10,15H,7-8H2,1-4H3,(H,17,18). The number of ether oxygens (including phenoxy) is 1. The largest absolute Gasteiger partial charge is 0.444 e. The van der Waals surface area contributed by atoms with Gasteiger partial charge in [-0.1, -0.05) is 0 Å². The van der Waals surface area contributed by atoms with E-state index in [2.05, 4.69) is 20.6 Å². The first-order valence-corrected chi connectivity index (χ1v) is 6.34. The Morgan fingerprint density at radius 3 is 2.68 bits per heavy atom. The minimum atomic E-state index is -0.468. The van der Waals surface area contributed by atoms with Crippen LogP contribution in [0.4, 0.5) is 4.79 Å². The summed E-state index contributed by atoms with van der Waals surface area (Å²) >= 11 is 0. The zero-order chi connectivity index (χ0) is 14.3. The first-order valence-electron chi connectivity index (χ1n) is 6.34. The number of carbonyl (C=O) groups excluding carboxylic acids is 1. The summed E-state index contributed by atoms with van der Waals surface area (Å²) in [7, 11) is 0. The summed E-state index contributed by atoms with van der Waals surface area (Å²) in [5.74, 6) is 0. The molecule has 0 saturated carbocycles. The molecule has 0 spiro atoms. The van der Waals surface area contributed by atoms with Crippen LogP contribution in [0.2, 0.25) is 0 Å². The van der Waals surface area contributed by atoms with Crippen LogP contribution in [0.5, 0.6) is 0 Å². The molecule has 1 unspecified atom stereocenters. The maximum Gasteiger partial charge on any atom is 0.407 e. The third-order valence-electron chi connectivity index (χ3n) is 2.27. The molecule has 0 saturated heterocycles. The van der Waals surface area contributed by atoms with Crippen molar-refractivity contribution in [2.75, 3.05) is 13.1 Å². The van der Waals surface area contributed by atoms with Crippen molar-refractivity contribution in [1.82, 2.24) is 20.6 Å². The van der Waals surface area contributed by atoms with Crippen LogP contribution in [0.25, 0.3) is 0 Å². The Labute approximate surface area is 114 Å². The van der Waals surface area contributed by atoms with Crippen LogP contribution in [-0.2, 0) is 4.74 Å². The molecule has 1 amide bonds. The summed E-state index contributed by atoms with van der Waals surface area (Å²) in [6.45, 7) is 8.64. The second kappa shape index (κ2) is 7.04. The highest BCUT2D eigenvalue weighted by Gasteiger charge is 2.15. The molecule has 1 rings (SSSR count). The molecule has 0 aliphatic rings. The van der Waals surface area contributed by atoms with E-state index in [1.165, 1.54) is 0 Å². The summed E-state index contributed by atoms with van der Waals surface area (Å²) < 4.78 is 5.13. The monoisotopic (exact) mass is 266 g/mol. The number of carbonyl (C=O) groups is 1. The van der Waals surface area contributed by atoms with Gasteiger partial charge in [0.25, 0.3) is 0 Å². The lowest BCUT2D eigenvalue weighted by atomic mass is 10.2. The Morgan fingerprint density at radius 2 is 2.11 bits per heavy atom. The van der Waals surface area contributed by atoms with E-state index in [9.17, 15) is 4.79 Å². The van der Waals surface area contributed by atoms with Gasteiger partial charge in [-0.2, -0.15) is 0 Å². The molecule has 0 fully saturated rings. The van der Waals surface area contributed by atoms with E-state index in [1.54, 1.807) is 18.6 Å². The van der Waals surface area contributed by atoms with Crippen LogP contribution in [0.3, 0.4) is 0 Å². The van der Waals surface area contributed by atoms with Crippen molar-refractivity contribution in [3.8, 4) is 0 Å². The van der Waals surface area contributed by atoms with Gasteiger partial charge in [-0.15, -0.1) is 0 Å². The van der Waals surface area contributed by atoms with Crippen LogP contribution in [-0.4, -0.2) is 34.8 Å². The Balaban J connectivity index is 2.19. The average Bonchev–Trinajstić information content (AvgIpc) is 2.33. The predicted octanol–water partition coefficient (Wildman–Crippen LogP) is 1.65. The van der Waals surface area contributed by atoms with Crippen LogP contribution >= 0.6 is 0 Å². The Morgan fingerprint density at radius 1 is 1.37 bits per heavy atom. The highest BCUT2D eigenvalue weighted by atomic mass is 16.6. The number of rotatable bonds is 5. The average molecular weight is 266 g/mol. The number of amides is 1. The zero-order valence-electron chi connectivity index (χ0n) is 11.9. The Hall–Kier alpha value is -1.69. The van der Waals surface area contributed by atoms with Gasteiger partial charge in [0.1, 0.15) is 5.60 Å². The fourth-order valence-corrected chi connectivity index (χ4v) is 1.41. The number of hydrogen-bond donors (Lipinski definition) is 2. The SMILES string of the molecule is CC(NCCNC(=O)OC(C)(C)C)c1cnccn1. The van der Waals surface area contributed by atoms with Crippen molar-refractivity contribution in [1.29, 1.82) is 0 Å². The molecular formula is C13H22N4O2. The van der Waals surface area contributed by atoms with Gasteiger partial charge in [0, 0.05) is 37.7 Å². The van der Waals surface area contributed by atoms with Crippen molar-refractivity contribution in [2.24, 2.45) is 0 Å². The molecule has 1 heterocycles. The molecule has 1 atom stereocenters. The van der Waals surface area contributed by atoms with E-state index in [1.807, 2.05) is 27.7 Å². The molecule has 106 valence electrons. The second-order valence-electron chi connectivity index (χ2n) is 5.23. The van der Waals surface area contributed by atoms with Crippen LogP contribution in [0, 0.1) is 0 Å². The van der Waals surface area contributed by atoms with Crippen LogP contribution in [0.15, 0.2) is 18.6 Å². The maximum atomic E-state index is 11.4. The molecule has 1 aromatic heterocycles. The number of nitrogens with one attached hydrogen (secondary N) is 2. The van der Waals surface area contributed by atoms with Gasteiger partial charge in [-0.25, -0.2) is 4.79 Å². The molecular weight excluding hydrogens is 244 g/mol. The van der Waals surface area contributed by atoms with E-state index < -0.39 is 11.7 Å². The maximum absolute atomic E-state index is 11.4. The highest BCUT2D eigenvalue weighted by molar-refractivity contribution is 5.67. The van der Waals surface area contributed by atoms with Gasteiger partial charge in [0.2, 0.25) is 0 Å². The van der Waals surface area contributed by atoms with Gasteiger partial charge >= 0.3 is 6.09 Å². The predicted molar refractivity (Wildman–Crippen MR) is 72.7 cm³/mol. The van der Waals surface area contributed by atoms with E-state index >= 15 is 0 Å². The van der Waals surface area contributed by atoms with Crippen molar-refractivity contribution in [2.45, 2.75) is 39.3 Å². The van der Waals surface area contributed by atoms with E-state index in [4.69, 9.17) is 4.74 Å². The molecule has 0 aromatic carbocycles. The summed E-state index contributed by atoms with van der Waals surface area (Å²) in [6, 6.07) is 0.0918. The van der Waals surface area contributed by atoms with Crippen LogP contribution < -0.4 is 10.6 Å². The van der Waals surface area contributed by atoms with Gasteiger partial charge in [-0.3, -0.25) is 9.97 Å². The summed E-state index contributed by atoms with van der Waals surface area (Å²) in [6.07, 6.45) is 4.62. The third-order valence-corrected chi connectivity index (χ3v) is 2.27. The van der Waals surface area contributed by atoms with E-state index in [-0.39, 0.29) is 6.04 Å². The lowest BCUT2D eigenvalue weighted by Crippen LogP contribution is -2.37. The molecule has 1 aromatic rings. The molecule has 0 aliphatic heterocycles. The number of nitrogens with zero attached hydrogens (tertiary/aromatic N) is 2. The van der Waals surface area contributed by atoms with Gasteiger partial charge in [0.05, 0.1) is 5.69 Å². The molecule has 6 nitrogen and oxygen atoms in total. The highest BCUT2D eigenvalue weighted by Crippen LogP contribution is 2.06. The van der Waals surface area contributed by atoms with Gasteiger partial charge in [0.15, 0.2) is 0 Å². The first kappa shape index (κ1) is 15.4. The zero-order valence-corrected chi connectivity index (χ0v) is 11.9. The molecule has 2 N–H and O–H groups in total. The normalized spacial score (nSPS) is 12.8. The summed E-state index contributed by atoms with van der Waals surface area (Å²) in [4.78, 5) is 19.6. The van der Waals surface area contributed by atoms with Crippen LogP contribution in [0.1, 0.15) is 39.4 Å². The number of hydrogen-bond acceptors (Lipinski definition) is 5. The number of alkyl carbamates (subject to hydrolysis) is 1. The van der Waals surface area contributed by atoms with Crippen molar-refractivity contribution in [3.63, 3.8) is 0 Å². The molecule has 0 bridgehead atoms. The topological polar surface area (TPSA) is 76.1 Å². The Kier molecular flexibility index (Phi) is 5.69. The number of aromatic nitrogens is 2. The molecule has 6 heteroatoms. The smallest absolute Gasteiger partial charge is 0.407 e. The summed E-state index contributed by atoms with van der Waals surface area (Å²) in [5.41, 5.74) is 0.407. The first-order chi connectivity index (χ1) is 8.88. The van der Waals surface area contributed by atoms with Gasteiger partial charge in [-0.05, 0) is 27.7 Å². The Bertz CT molecular complexity index is 389. The molecule has 0 aliphatic carbocycles. The lowest BCUT2D eigenvalue weighted by Gasteiger charge is -2.20. The summed E-state index contributed by atoms with van der Waals surface area (Å²) in [5, 5.41) is 5.93.